The Hall–Kier alpha value is -4.25. The summed E-state index contributed by atoms with van der Waals surface area (Å²) in [4.78, 5) is 34.3. The summed E-state index contributed by atoms with van der Waals surface area (Å²) < 4.78 is 1.56. The van der Waals surface area contributed by atoms with Crippen LogP contribution in [0.2, 0.25) is 0 Å². The van der Waals surface area contributed by atoms with Crippen LogP contribution in [0.3, 0.4) is 0 Å². The molecule has 1 aliphatic heterocycles. The molecule has 4 aromatic rings. The van der Waals surface area contributed by atoms with E-state index in [1.807, 2.05) is 67.6 Å². The number of aliphatic hydroxyl groups excluding tert-OH is 1. The molecule has 1 saturated heterocycles. The number of carbonyl (C=O) groups excluding carboxylic acids is 2. The molecule has 0 unspecified atom stereocenters. The number of hydrogen-bond acceptors (Lipinski definition) is 7. The van der Waals surface area contributed by atoms with Gasteiger partial charge in [0.15, 0.2) is 0 Å². The Kier molecular flexibility index (Phi) is 9.86. The number of pyridine rings is 1. The maximum Gasteiger partial charge on any atom is 0.325 e. The molecular weight excluding hydrogens is 568 g/mol. The standard InChI is InChI=1S/C35H44N6O4/c1-24(42)23-39-17-12-26(13-18-39)25-5-7-27(8-6-25)33(43)38-32-22-30(11-16-37-32)40(20-15-35(2,3)45)29-9-10-31-28(21-29)14-19-41(31)34(44)36-4/h5-11,14,16,19,21-22,24,26,42,45H,12-13,15,17-18,20,23H2,1-4H3,(H,36,44)(H,37,38,43)/t24-/m0/s1. The van der Waals surface area contributed by atoms with Crippen LogP contribution in [0.25, 0.3) is 10.9 Å². The Balaban J connectivity index is 1.31. The van der Waals surface area contributed by atoms with E-state index in [2.05, 4.69) is 25.4 Å². The van der Waals surface area contributed by atoms with Crippen molar-refractivity contribution in [3.63, 3.8) is 0 Å². The highest BCUT2D eigenvalue weighted by Crippen LogP contribution is 2.32. The molecule has 0 saturated carbocycles. The number of β-amino-alcohol motifs (C(OH)–C–C–N with tert-alkyl or cyclic N) is 1. The summed E-state index contributed by atoms with van der Waals surface area (Å²) in [5, 5.41) is 26.7. The summed E-state index contributed by atoms with van der Waals surface area (Å²) in [7, 11) is 1.60. The number of carbonyl (C=O) groups is 2. The third-order valence-electron chi connectivity index (χ3n) is 8.42. The molecule has 0 bridgehead atoms. The maximum atomic E-state index is 13.2. The Bertz CT molecular complexity index is 1620. The van der Waals surface area contributed by atoms with Crippen LogP contribution in [0.15, 0.2) is 73.1 Å². The number of nitrogens with one attached hydrogen (secondary N) is 2. The number of fused-ring (bicyclic) bond motifs is 1. The Labute approximate surface area is 264 Å². The number of nitrogens with zero attached hydrogens (tertiary/aromatic N) is 4. The number of benzene rings is 2. The predicted molar refractivity (Wildman–Crippen MR) is 178 cm³/mol. The van der Waals surface area contributed by atoms with Crippen molar-refractivity contribution in [3.05, 3.63) is 84.2 Å². The lowest BCUT2D eigenvalue weighted by Gasteiger charge is -2.32. The molecule has 2 aromatic heterocycles. The quantitative estimate of drug-likeness (QED) is 0.191. The van der Waals surface area contributed by atoms with Gasteiger partial charge in [-0.25, -0.2) is 9.78 Å². The minimum Gasteiger partial charge on any atom is -0.392 e. The average molecular weight is 613 g/mol. The zero-order valence-electron chi connectivity index (χ0n) is 26.5. The van der Waals surface area contributed by atoms with E-state index in [0.717, 1.165) is 48.2 Å². The van der Waals surface area contributed by atoms with Gasteiger partial charge >= 0.3 is 6.03 Å². The van der Waals surface area contributed by atoms with Gasteiger partial charge < -0.3 is 30.6 Å². The zero-order chi connectivity index (χ0) is 32.1. The summed E-state index contributed by atoms with van der Waals surface area (Å²) in [6.07, 6.45) is 5.65. The van der Waals surface area contributed by atoms with E-state index >= 15 is 0 Å². The molecule has 5 rings (SSSR count). The molecule has 1 fully saturated rings. The minimum absolute atomic E-state index is 0.213. The highest BCUT2D eigenvalue weighted by Gasteiger charge is 2.22. The molecule has 3 heterocycles. The van der Waals surface area contributed by atoms with E-state index < -0.39 is 5.60 Å². The fourth-order valence-corrected chi connectivity index (χ4v) is 5.96. The van der Waals surface area contributed by atoms with E-state index in [-0.39, 0.29) is 18.0 Å². The number of aromatic nitrogens is 2. The van der Waals surface area contributed by atoms with Crippen LogP contribution in [0.4, 0.5) is 22.0 Å². The van der Waals surface area contributed by atoms with Crippen LogP contribution in [0, 0.1) is 0 Å². The number of aliphatic hydroxyl groups is 2. The van der Waals surface area contributed by atoms with E-state index in [1.165, 1.54) is 5.56 Å². The molecular formula is C35H44N6O4. The fraction of sp³-hybridized carbons (Fsp3) is 0.400. The van der Waals surface area contributed by atoms with Crippen molar-refractivity contribution in [1.29, 1.82) is 0 Å². The van der Waals surface area contributed by atoms with Crippen LogP contribution in [0.5, 0.6) is 0 Å². The molecule has 1 atom stereocenters. The van der Waals surface area contributed by atoms with Crippen molar-refractivity contribution in [2.45, 2.75) is 57.7 Å². The van der Waals surface area contributed by atoms with Crippen molar-refractivity contribution in [2.24, 2.45) is 0 Å². The van der Waals surface area contributed by atoms with Crippen molar-refractivity contribution >= 4 is 40.0 Å². The lowest BCUT2D eigenvalue weighted by molar-refractivity contribution is 0.0737. The molecule has 238 valence electrons. The number of hydrogen-bond donors (Lipinski definition) is 4. The number of amides is 2. The van der Waals surface area contributed by atoms with Crippen molar-refractivity contribution in [2.75, 3.05) is 43.4 Å². The summed E-state index contributed by atoms with van der Waals surface area (Å²) in [6, 6.07) is 19.1. The van der Waals surface area contributed by atoms with Crippen LogP contribution in [0.1, 0.15) is 61.9 Å². The second-order valence-corrected chi connectivity index (χ2v) is 12.6. The molecule has 2 aromatic carbocycles. The zero-order valence-corrected chi connectivity index (χ0v) is 26.5. The average Bonchev–Trinajstić information content (AvgIpc) is 3.44. The van der Waals surface area contributed by atoms with E-state index in [4.69, 9.17) is 0 Å². The minimum atomic E-state index is -0.879. The first-order valence-corrected chi connectivity index (χ1v) is 15.6. The van der Waals surface area contributed by atoms with Crippen molar-refractivity contribution < 1.29 is 19.8 Å². The van der Waals surface area contributed by atoms with Crippen molar-refractivity contribution in [1.82, 2.24) is 19.8 Å². The predicted octanol–water partition coefficient (Wildman–Crippen LogP) is 5.34. The smallest absolute Gasteiger partial charge is 0.325 e. The van der Waals surface area contributed by atoms with Gasteiger partial charge in [0.2, 0.25) is 0 Å². The van der Waals surface area contributed by atoms with Gasteiger partial charge in [-0.05, 0) is 107 Å². The molecule has 45 heavy (non-hydrogen) atoms. The molecule has 0 radical (unpaired) electrons. The van der Waals surface area contributed by atoms with Gasteiger partial charge in [-0.2, -0.15) is 0 Å². The lowest BCUT2D eigenvalue weighted by Crippen LogP contribution is -2.37. The number of piperidine rings is 1. The largest absolute Gasteiger partial charge is 0.392 e. The van der Waals surface area contributed by atoms with Gasteiger partial charge in [0.25, 0.3) is 5.91 Å². The SMILES string of the molecule is CNC(=O)n1ccc2cc(N(CCC(C)(C)O)c3ccnc(NC(=O)c4ccc(C5CCN(C[C@H](C)O)CC5)cc4)c3)ccc21. The van der Waals surface area contributed by atoms with E-state index in [9.17, 15) is 19.8 Å². The molecule has 10 nitrogen and oxygen atoms in total. The van der Waals surface area contributed by atoms with Crippen LogP contribution in [-0.2, 0) is 0 Å². The molecule has 4 N–H and O–H groups in total. The highest BCUT2D eigenvalue weighted by atomic mass is 16.3. The van der Waals surface area contributed by atoms with Crippen LogP contribution in [-0.4, -0.2) is 81.5 Å². The molecule has 10 heteroatoms. The number of rotatable bonds is 10. The molecule has 0 spiro atoms. The Morgan fingerprint density at radius 2 is 1.76 bits per heavy atom. The summed E-state index contributed by atoms with van der Waals surface area (Å²) in [5.41, 5.74) is 3.40. The van der Waals surface area contributed by atoms with Gasteiger partial charge in [0.1, 0.15) is 5.82 Å². The van der Waals surface area contributed by atoms with Crippen molar-refractivity contribution in [3.8, 4) is 0 Å². The lowest BCUT2D eigenvalue weighted by atomic mass is 9.89. The molecule has 2 amide bonds. The highest BCUT2D eigenvalue weighted by molar-refractivity contribution is 6.04. The monoisotopic (exact) mass is 612 g/mol. The van der Waals surface area contributed by atoms with Gasteiger partial charge in [0, 0.05) is 60.9 Å². The Morgan fingerprint density at radius 1 is 1.04 bits per heavy atom. The second-order valence-electron chi connectivity index (χ2n) is 12.6. The summed E-state index contributed by atoms with van der Waals surface area (Å²) in [6.45, 7) is 8.53. The normalized spacial score (nSPS) is 15.2. The van der Waals surface area contributed by atoms with Gasteiger partial charge in [0.05, 0.1) is 17.2 Å². The molecule has 0 aliphatic carbocycles. The summed E-state index contributed by atoms with van der Waals surface area (Å²) in [5.74, 6) is 0.632. The third-order valence-corrected chi connectivity index (χ3v) is 8.42. The summed E-state index contributed by atoms with van der Waals surface area (Å²) >= 11 is 0. The van der Waals surface area contributed by atoms with Crippen LogP contribution < -0.4 is 15.5 Å². The van der Waals surface area contributed by atoms with Gasteiger partial charge in [-0.1, -0.05) is 12.1 Å². The first-order valence-electron chi connectivity index (χ1n) is 15.6. The maximum absolute atomic E-state index is 13.2. The van der Waals surface area contributed by atoms with E-state index in [0.29, 0.717) is 36.8 Å². The number of anilines is 3. The van der Waals surface area contributed by atoms with E-state index in [1.54, 1.807) is 37.9 Å². The second kappa shape index (κ2) is 13.8. The van der Waals surface area contributed by atoms with Gasteiger partial charge in [-0.3, -0.25) is 9.36 Å². The fourth-order valence-electron chi connectivity index (χ4n) is 5.96. The van der Waals surface area contributed by atoms with Crippen LogP contribution >= 0.6 is 0 Å². The topological polar surface area (TPSA) is 123 Å². The molecule has 1 aliphatic rings. The number of likely N-dealkylation sites (tertiary alicyclic amines) is 1. The Morgan fingerprint density at radius 3 is 2.42 bits per heavy atom. The third kappa shape index (κ3) is 8.08. The first kappa shape index (κ1) is 32.2. The first-order chi connectivity index (χ1) is 21.5. The van der Waals surface area contributed by atoms with Gasteiger partial charge in [-0.15, -0.1) is 0 Å².